The standard InChI is InChI=1S/C35H43ClN6/c1-8-25(17-19-39-23-40-22-28(21-37)24(5)38-6)29(11-4)35(31-15-16-32(36)33-30(31)18-20-41-33)42(7)34-26(9-2)13-12-14-27(34)10-3/h1,12-16,18,20-23,25,38,41H,5,9-11,17,19,37H2,2-4,6-7H3/b28-21?,35-29-,39-23?,40-22?. The van der Waals surface area contributed by atoms with E-state index in [4.69, 9.17) is 23.8 Å². The third-order valence-corrected chi connectivity index (χ3v) is 7.92. The largest absolute Gasteiger partial charge is 0.404 e. The quantitative estimate of drug-likeness (QED) is 0.0795. The third kappa shape index (κ3) is 7.16. The van der Waals surface area contributed by atoms with Gasteiger partial charge in [-0.15, -0.1) is 6.42 Å². The summed E-state index contributed by atoms with van der Waals surface area (Å²) in [5, 5.41) is 4.72. The van der Waals surface area contributed by atoms with Crippen molar-refractivity contribution in [3.05, 3.63) is 93.9 Å². The van der Waals surface area contributed by atoms with E-state index < -0.39 is 0 Å². The molecule has 6 nitrogen and oxygen atoms in total. The van der Waals surface area contributed by atoms with Gasteiger partial charge >= 0.3 is 0 Å². The Hall–Kier alpha value is -4.21. The van der Waals surface area contributed by atoms with Crippen molar-refractivity contribution in [1.82, 2.24) is 10.3 Å². The number of terminal acetylenes is 1. The van der Waals surface area contributed by atoms with Crippen LogP contribution in [0.5, 0.6) is 0 Å². The number of nitrogens with two attached hydrogens (primary N) is 1. The number of nitrogens with one attached hydrogen (secondary N) is 2. The van der Waals surface area contributed by atoms with E-state index >= 15 is 0 Å². The highest BCUT2D eigenvalue weighted by Gasteiger charge is 2.24. The molecule has 1 unspecified atom stereocenters. The maximum atomic E-state index is 6.60. The molecule has 2 aromatic carbocycles. The van der Waals surface area contributed by atoms with Gasteiger partial charge in [0.2, 0.25) is 0 Å². The molecule has 1 atom stereocenters. The highest BCUT2D eigenvalue weighted by Crippen LogP contribution is 2.40. The normalized spacial score (nSPS) is 13.4. The van der Waals surface area contributed by atoms with Gasteiger partial charge in [-0.3, -0.25) is 4.99 Å². The highest BCUT2D eigenvalue weighted by atomic mass is 35.5. The smallest absolute Gasteiger partial charge is 0.109 e. The second-order valence-electron chi connectivity index (χ2n) is 9.94. The maximum absolute atomic E-state index is 6.60. The molecule has 0 aliphatic carbocycles. The summed E-state index contributed by atoms with van der Waals surface area (Å²) in [5.41, 5.74) is 15.2. The number of aromatic amines is 1. The minimum Gasteiger partial charge on any atom is -0.404 e. The first-order valence-electron chi connectivity index (χ1n) is 14.5. The number of benzene rings is 2. The second kappa shape index (κ2) is 15.7. The molecule has 0 amide bonds. The van der Waals surface area contributed by atoms with Crippen LogP contribution in [-0.4, -0.2) is 38.2 Å². The van der Waals surface area contributed by atoms with Gasteiger partial charge in [0.1, 0.15) is 6.34 Å². The number of hydrogen-bond acceptors (Lipinski definition) is 4. The Kier molecular flexibility index (Phi) is 12.1. The lowest BCUT2D eigenvalue weighted by atomic mass is 9.88. The van der Waals surface area contributed by atoms with Gasteiger partial charge in [-0.2, -0.15) is 0 Å². The Morgan fingerprint density at radius 2 is 1.90 bits per heavy atom. The number of H-pyrrole nitrogens is 1. The number of allylic oxidation sites excluding steroid dienone is 2. The number of aromatic nitrogens is 1. The number of para-hydroxylation sites is 1. The average molecular weight is 583 g/mol. The summed E-state index contributed by atoms with van der Waals surface area (Å²) in [6, 6.07) is 12.7. The zero-order chi connectivity index (χ0) is 30.6. The molecule has 0 aliphatic rings. The van der Waals surface area contributed by atoms with Crippen molar-refractivity contribution in [1.29, 1.82) is 0 Å². The Bertz CT molecular complexity index is 1530. The van der Waals surface area contributed by atoms with E-state index in [1.165, 1.54) is 34.9 Å². The molecule has 42 heavy (non-hydrogen) atoms. The monoisotopic (exact) mass is 582 g/mol. The van der Waals surface area contributed by atoms with Gasteiger partial charge in [-0.25, -0.2) is 4.99 Å². The number of likely N-dealkylation sites (N-methyl/N-ethyl adjacent to an activating group) is 1. The van der Waals surface area contributed by atoms with Crippen LogP contribution in [0.2, 0.25) is 5.02 Å². The molecule has 1 aromatic heterocycles. The lowest BCUT2D eigenvalue weighted by molar-refractivity contribution is 0.683. The van der Waals surface area contributed by atoms with Crippen molar-refractivity contribution < 1.29 is 0 Å². The zero-order valence-electron chi connectivity index (χ0n) is 25.5. The van der Waals surface area contributed by atoms with Gasteiger partial charge in [0.25, 0.3) is 0 Å². The average Bonchev–Trinajstić information content (AvgIpc) is 3.52. The van der Waals surface area contributed by atoms with Crippen LogP contribution in [0.15, 0.2) is 82.2 Å². The number of anilines is 1. The molecule has 3 aromatic rings. The fourth-order valence-electron chi connectivity index (χ4n) is 5.38. The first-order chi connectivity index (χ1) is 20.4. The van der Waals surface area contributed by atoms with Gasteiger partial charge in [0.05, 0.1) is 10.5 Å². The second-order valence-corrected chi connectivity index (χ2v) is 10.3. The Balaban J connectivity index is 2.10. The molecule has 0 radical (unpaired) electrons. The van der Waals surface area contributed by atoms with Crippen molar-refractivity contribution in [2.24, 2.45) is 21.6 Å². The van der Waals surface area contributed by atoms with Crippen LogP contribution >= 0.6 is 11.6 Å². The maximum Gasteiger partial charge on any atom is 0.109 e. The van der Waals surface area contributed by atoms with Crippen LogP contribution in [0, 0.1) is 18.3 Å². The molecular weight excluding hydrogens is 540 g/mol. The van der Waals surface area contributed by atoms with Crippen molar-refractivity contribution >= 4 is 46.4 Å². The third-order valence-electron chi connectivity index (χ3n) is 7.61. The summed E-state index contributed by atoms with van der Waals surface area (Å²) < 4.78 is 0. The summed E-state index contributed by atoms with van der Waals surface area (Å²) in [4.78, 5) is 14.4. The first kappa shape index (κ1) is 32.3. The van der Waals surface area contributed by atoms with Gasteiger partial charge in [0, 0.05) is 78.8 Å². The van der Waals surface area contributed by atoms with Gasteiger partial charge in [-0.1, -0.05) is 69.1 Å². The predicted molar refractivity (Wildman–Crippen MR) is 183 cm³/mol. The molecule has 0 fully saturated rings. The molecule has 0 aliphatic heterocycles. The van der Waals surface area contributed by atoms with Crippen molar-refractivity contribution in [2.45, 2.75) is 46.5 Å². The molecule has 0 spiro atoms. The van der Waals surface area contributed by atoms with E-state index in [1.54, 1.807) is 13.3 Å². The number of nitrogens with zero attached hydrogens (tertiary/aromatic N) is 3. The Morgan fingerprint density at radius 1 is 1.19 bits per heavy atom. The van der Waals surface area contributed by atoms with E-state index in [-0.39, 0.29) is 5.92 Å². The van der Waals surface area contributed by atoms with E-state index in [2.05, 4.69) is 95.8 Å². The van der Waals surface area contributed by atoms with E-state index in [0.717, 1.165) is 41.4 Å². The number of rotatable bonds is 14. The Labute approximate surface area is 256 Å². The molecule has 0 bridgehead atoms. The number of fused-ring (bicyclic) bond motifs is 1. The van der Waals surface area contributed by atoms with E-state index in [0.29, 0.717) is 29.3 Å². The molecule has 3 rings (SSSR count). The van der Waals surface area contributed by atoms with E-state index in [1.807, 2.05) is 12.3 Å². The number of aliphatic imine (C=N–C) groups is 2. The minimum atomic E-state index is -0.124. The lowest BCUT2D eigenvalue weighted by Gasteiger charge is -2.32. The van der Waals surface area contributed by atoms with Gasteiger partial charge < -0.3 is 20.9 Å². The van der Waals surface area contributed by atoms with Crippen LogP contribution < -0.4 is 16.0 Å². The number of aryl methyl sites for hydroxylation is 2. The van der Waals surface area contributed by atoms with E-state index in [9.17, 15) is 0 Å². The summed E-state index contributed by atoms with van der Waals surface area (Å²) >= 11 is 6.60. The minimum absolute atomic E-state index is 0.124. The van der Waals surface area contributed by atoms with Crippen LogP contribution in [-0.2, 0) is 12.8 Å². The predicted octanol–water partition coefficient (Wildman–Crippen LogP) is 7.52. The highest BCUT2D eigenvalue weighted by molar-refractivity contribution is 6.35. The molecule has 220 valence electrons. The van der Waals surface area contributed by atoms with Crippen molar-refractivity contribution in [2.75, 3.05) is 25.5 Å². The van der Waals surface area contributed by atoms with Crippen LogP contribution in [0.3, 0.4) is 0 Å². The number of hydrogen-bond donors (Lipinski definition) is 3. The summed E-state index contributed by atoms with van der Waals surface area (Å²) in [7, 11) is 3.95. The Morgan fingerprint density at radius 3 is 2.50 bits per heavy atom. The van der Waals surface area contributed by atoms with Crippen molar-refractivity contribution in [3.63, 3.8) is 0 Å². The SMILES string of the molecule is C#CC(CCN=CN=CC(=CN)C(=C)NC)/C(CC)=C(/c1ccc(Cl)c2[nH]ccc12)N(C)c1c(CC)cccc1CC. The summed E-state index contributed by atoms with van der Waals surface area (Å²) in [6.45, 7) is 11.0. The molecule has 1 heterocycles. The molecule has 0 saturated heterocycles. The summed E-state index contributed by atoms with van der Waals surface area (Å²) in [5.74, 6) is 2.96. The fourth-order valence-corrected chi connectivity index (χ4v) is 5.60. The molecular formula is C35H43ClN6. The van der Waals surface area contributed by atoms with Crippen LogP contribution in [0.1, 0.15) is 50.3 Å². The fraction of sp³-hybridized carbons (Fsp3) is 0.314. The molecule has 0 saturated carbocycles. The molecule has 4 N–H and O–H groups in total. The molecule has 7 heteroatoms. The van der Waals surface area contributed by atoms with Gasteiger partial charge in [0.15, 0.2) is 0 Å². The lowest BCUT2D eigenvalue weighted by Crippen LogP contribution is -2.23. The van der Waals surface area contributed by atoms with Crippen LogP contribution in [0.25, 0.3) is 16.6 Å². The first-order valence-corrected chi connectivity index (χ1v) is 14.8. The summed E-state index contributed by atoms with van der Waals surface area (Å²) in [6.07, 6.45) is 16.1. The van der Waals surface area contributed by atoms with Crippen LogP contribution in [0.4, 0.5) is 5.69 Å². The van der Waals surface area contributed by atoms with Gasteiger partial charge in [-0.05, 0) is 54.5 Å². The van der Waals surface area contributed by atoms with Crippen molar-refractivity contribution in [3.8, 4) is 12.3 Å². The zero-order valence-corrected chi connectivity index (χ0v) is 26.2. The number of halogens is 1. The topological polar surface area (TPSA) is 81.8 Å².